The lowest BCUT2D eigenvalue weighted by atomic mass is 10.1. The number of anilines is 2. The zero-order chi connectivity index (χ0) is 25.3. The number of morpholine rings is 1. The molecule has 0 saturated carbocycles. The van der Waals surface area contributed by atoms with E-state index in [9.17, 15) is 14.4 Å². The van der Waals surface area contributed by atoms with Gasteiger partial charge in [0.15, 0.2) is 0 Å². The van der Waals surface area contributed by atoms with Crippen LogP contribution in [0.15, 0.2) is 48.5 Å². The minimum atomic E-state index is -0.311. The Labute approximate surface area is 211 Å². The van der Waals surface area contributed by atoms with E-state index in [0.29, 0.717) is 68.6 Å². The molecule has 4 rings (SSSR count). The summed E-state index contributed by atoms with van der Waals surface area (Å²) < 4.78 is 10.5. The lowest BCUT2D eigenvalue weighted by Gasteiger charge is -2.35. The highest BCUT2D eigenvalue weighted by Gasteiger charge is 2.24. The van der Waals surface area contributed by atoms with Crippen molar-refractivity contribution in [2.75, 3.05) is 83.3 Å². The number of methoxy groups -OCH3 is 1. The van der Waals surface area contributed by atoms with E-state index in [1.54, 1.807) is 55.6 Å². The van der Waals surface area contributed by atoms with Crippen molar-refractivity contribution in [3.8, 4) is 5.75 Å². The molecule has 3 amide bonds. The van der Waals surface area contributed by atoms with Gasteiger partial charge in [-0.15, -0.1) is 0 Å². The normalized spacial score (nSPS) is 16.9. The van der Waals surface area contributed by atoms with Gasteiger partial charge in [0.25, 0.3) is 5.91 Å². The fourth-order valence-electron chi connectivity index (χ4n) is 4.27. The van der Waals surface area contributed by atoms with Gasteiger partial charge in [-0.05, 0) is 36.4 Å². The number of nitrogens with zero attached hydrogens (tertiary/aromatic N) is 3. The van der Waals surface area contributed by atoms with E-state index >= 15 is 0 Å². The maximum Gasteiger partial charge on any atom is 0.257 e. The second kappa shape index (κ2) is 12.5. The SMILES string of the molecule is COc1ccc(NC(=O)c2ccccc2NC(=O)CN2CCN(CC(=O)N3CCOCC3)CC2)cc1. The Morgan fingerprint density at radius 3 is 2.14 bits per heavy atom. The highest BCUT2D eigenvalue weighted by molar-refractivity contribution is 6.10. The summed E-state index contributed by atoms with van der Waals surface area (Å²) in [5.41, 5.74) is 1.48. The predicted octanol–water partition coefficient (Wildman–Crippen LogP) is 1.36. The van der Waals surface area contributed by atoms with Gasteiger partial charge < -0.3 is 25.0 Å². The molecule has 0 spiro atoms. The van der Waals surface area contributed by atoms with Crippen molar-refractivity contribution >= 4 is 29.1 Å². The monoisotopic (exact) mass is 495 g/mol. The molecule has 0 unspecified atom stereocenters. The van der Waals surface area contributed by atoms with Crippen LogP contribution in [0.4, 0.5) is 11.4 Å². The lowest BCUT2D eigenvalue weighted by Crippen LogP contribution is -2.52. The number of piperazine rings is 1. The highest BCUT2D eigenvalue weighted by Crippen LogP contribution is 2.19. The van der Waals surface area contributed by atoms with Gasteiger partial charge in [-0.3, -0.25) is 24.2 Å². The molecule has 2 saturated heterocycles. The van der Waals surface area contributed by atoms with Crippen molar-refractivity contribution in [3.63, 3.8) is 0 Å². The van der Waals surface area contributed by atoms with Gasteiger partial charge in [0, 0.05) is 45.0 Å². The van der Waals surface area contributed by atoms with Crippen LogP contribution >= 0.6 is 0 Å². The zero-order valence-corrected chi connectivity index (χ0v) is 20.6. The number of carbonyl (C=O) groups is 3. The number of ether oxygens (including phenoxy) is 2. The first-order valence-corrected chi connectivity index (χ1v) is 12.2. The van der Waals surface area contributed by atoms with Crippen molar-refractivity contribution in [2.24, 2.45) is 0 Å². The first kappa shape index (κ1) is 25.6. The highest BCUT2D eigenvalue weighted by atomic mass is 16.5. The molecule has 0 aliphatic carbocycles. The Balaban J connectivity index is 1.25. The number of carbonyl (C=O) groups excluding carboxylic acids is 3. The smallest absolute Gasteiger partial charge is 0.257 e. The molecule has 0 aromatic heterocycles. The largest absolute Gasteiger partial charge is 0.497 e. The van der Waals surface area contributed by atoms with Crippen LogP contribution in [-0.4, -0.2) is 105 Å². The first-order valence-electron chi connectivity index (χ1n) is 12.2. The molecule has 2 aliphatic rings. The third-order valence-electron chi connectivity index (χ3n) is 6.35. The molecule has 2 aromatic carbocycles. The van der Waals surface area contributed by atoms with E-state index in [-0.39, 0.29) is 24.3 Å². The summed E-state index contributed by atoms with van der Waals surface area (Å²) >= 11 is 0. The second-order valence-electron chi connectivity index (χ2n) is 8.82. The quantitative estimate of drug-likeness (QED) is 0.570. The minimum absolute atomic E-state index is 0.133. The van der Waals surface area contributed by atoms with Crippen LogP contribution < -0.4 is 15.4 Å². The van der Waals surface area contributed by atoms with Gasteiger partial charge in [-0.1, -0.05) is 12.1 Å². The second-order valence-corrected chi connectivity index (χ2v) is 8.82. The topological polar surface area (TPSA) is 103 Å². The fraction of sp³-hybridized carbons (Fsp3) is 0.423. The predicted molar refractivity (Wildman–Crippen MR) is 136 cm³/mol. The average molecular weight is 496 g/mol. The molecule has 0 bridgehead atoms. The Morgan fingerprint density at radius 2 is 1.47 bits per heavy atom. The number of amides is 3. The van der Waals surface area contributed by atoms with Crippen molar-refractivity contribution in [2.45, 2.75) is 0 Å². The molecular formula is C26H33N5O5. The standard InChI is InChI=1S/C26H33N5O5/c1-35-21-8-6-20(7-9-21)27-26(34)22-4-2-3-5-23(22)28-24(32)18-29-10-12-30(13-11-29)19-25(33)31-14-16-36-17-15-31/h2-9H,10-19H2,1H3,(H,27,34)(H,28,32). The van der Waals surface area contributed by atoms with E-state index in [2.05, 4.69) is 20.4 Å². The summed E-state index contributed by atoms with van der Waals surface area (Å²) in [7, 11) is 1.58. The molecule has 192 valence electrons. The van der Waals surface area contributed by atoms with Crippen molar-refractivity contribution in [3.05, 3.63) is 54.1 Å². The van der Waals surface area contributed by atoms with Crippen LogP contribution in [0.5, 0.6) is 5.75 Å². The summed E-state index contributed by atoms with van der Waals surface area (Å²) in [6, 6.07) is 14.0. The zero-order valence-electron chi connectivity index (χ0n) is 20.6. The Hall–Kier alpha value is -3.47. The molecule has 0 atom stereocenters. The number of hydrogen-bond acceptors (Lipinski definition) is 7. The third-order valence-corrected chi connectivity index (χ3v) is 6.35. The molecule has 0 radical (unpaired) electrons. The molecule has 2 N–H and O–H groups in total. The van der Waals surface area contributed by atoms with Gasteiger partial charge in [0.1, 0.15) is 5.75 Å². The maximum absolute atomic E-state index is 12.9. The van der Waals surface area contributed by atoms with Gasteiger partial charge >= 0.3 is 0 Å². The van der Waals surface area contributed by atoms with Crippen LogP contribution in [0.1, 0.15) is 10.4 Å². The molecule has 2 fully saturated rings. The first-order chi connectivity index (χ1) is 17.5. The van der Waals surface area contributed by atoms with Crippen molar-refractivity contribution in [1.82, 2.24) is 14.7 Å². The summed E-state index contributed by atoms with van der Waals surface area (Å²) in [6.45, 7) is 5.97. The van der Waals surface area contributed by atoms with E-state index in [4.69, 9.17) is 9.47 Å². The van der Waals surface area contributed by atoms with E-state index in [0.717, 1.165) is 13.1 Å². The third kappa shape index (κ3) is 7.03. The molecule has 10 nitrogen and oxygen atoms in total. The van der Waals surface area contributed by atoms with Crippen molar-refractivity contribution < 1.29 is 23.9 Å². The van der Waals surface area contributed by atoms with Gasteiger partial charge in [-0.2, -0.15) is 0 Å². The molecule has 2 heterocycles. The number of benzene rings is 2. The summed E-state index contributed by atoms with van der Waals surface area (Å²) in [6.07, 6.45) is 0. The van der Waals surface area contributed by atoms with Gasteiger partial charge in [0.2, 0.25) is 11.8 Å². The number of nitrogens with one attached hydrogen (secondary N) is 2. The summed E-state index contributed by atoms with van der Waals surface area (Å²) in [5.74, 6) is 0.339. The Morgan fingerprint density at radius 1 is 0.833 bits per heavy atom. The van der Waals surface area contributed by atoms with E-state index in [1.165, 1.54) is 0 Å². The van der Waals surface area contributed by atoms with Crippen molar-refractivity contribution in [1.29, 1.82) is 0 Å². The molecule has 36 heavy (non-hydrogen) atoms. The van der Waals surface area contributed by atoms with E-state index in [1.807, 2.05) is 4.90 Å². The van der Waals surface area contributed by atoms with Gasteiger partial charge in [-0.25, -0.2) is 0 Å². The summed E-state index contributed by atoms with van der Waals surface area (Å²) in [4.78, 5) is 44.1. The Kier molecular flexibility index (Phi) is 8.88. The maximum atomic E-state index is 12.9. The Bertz CT molecular complexity index is 1050. The van der Waals surface area contributed by atoms with E-state index < -0.39 is 0 Å². The van der Waals surface area contributed by atoms with Crippen LogP contribution in [0.2, 0.25) is 0 Å². The van der Waals surface area contributed by atoms with Gasteiger partial charge in [0.05, 0.1) is 44.7 Å². The number of para-hydroxylation sites is 1. The molecule has 2 aliphatic heterocycles. The number of hydrogen-bond donors (Lipinski definition) is 2. The molecule has 2 aromatic rings. The van der Waals surface area contributed by atoms with Crippen LogP contribution in [0.3, 0.4) is 0 Å². The van der Waals surface area contributed by atoms with Crippen LogP contribution in [-0.2, 0) is 14.3 Å². The summed E-state index contributed by atoms with van der Waals surface area (Å²) in [5, 5.41) is 5.73. The molecular weight excluding hydrogens is 462 g/mol. The van der Waals surface area contributed by atoms with Crippen LogP contribution in [0, 0.1) is 0 Å². The average Bonchev–Trinajstić information content (AvgIpc) is 2.91. The number of rotatable bonds is 8. The minimum Gasteiger partial charge on any atom is -0.497 e. The van der Waals surface area contributed by atoms with Crippen LogP contribution in [0.25, 0.3) is 0 Å². The molecule has 10 heteroatoms. The fourth-order valence-corrected chi connectivity index (χ4v) is 4.27. The lowest BCUT2D eigenvalue weighted by molar-refractivity contribution is -0.137.